The first-order chi connectivity index (χ1) is 14.9. The summed E-state index contributed by atoms with van der Waals surface area (Å²) in [6.45, 7) is 6.45. The summed E-state index contributed by atoms with van der Waals surface area (Å²) in [5.74, 6) is 0.136. The maximum Gasteiger partial charge on any atom is 0.233 e. The van der Waals surface area contributed by atoms with Crippen molar-refractivity contribution in [3.05, 3.63) is 82.9 Å². The standard InChI is InChI=1S/C27H32N2OS/c1-26(2,3)22-19-31-25(28-22)29-24(30)27(17-11-6-12-18-27)23(20-13-7-4-8-14-20)21-15-9-5-10-16-21/h4-5,7-10,13-16,19,23H,6,11-12,17-18H2,1-3H3,(H,28,29,30). The van der Waals surface area contributed by atoms with Crippen LogP contribution in [0.2, 0.25) is 0 Å². The van der Waals surface area contributed by atoms with Gasteiger partial charge in [0, 0.05) is 16.7 Å². The molecule has 0 radical (unpaired) electrons. The van der Waals surface area contributed by atoms with Crippen molar-refractivity contribution in [2.75, 3.05) is 5.32 Å². The maximum absolute atomic E-state index is 14.0. The summed E-state index contributed by atoms with van der Waals surface area (Å²) in [6.07, 6.45) is 5.13. The van der Waals surface area contributed by atoms with Crippen LogP contribution in [0, 0.1) is 5.41 Å². The third kappa shape index (κ3) is 4.59. The highest BCUT2D eigenvalue weighted by Gasteiger charge is 2.47. The SMILES string of the molecule is CC(C)(C)c1csc(NC(=O)C2(C(c3ccccc3)c3ccccc3)CCCCC2)n1. The first-order valence-electron chi connectivity index (χ1n) is 11.3. The number of nitrogens with one attached hydrogen (secondary N) is 1. The summed E-state index contributed by atoms with van der Waals surface area (Å²) in [5, 5.41) is 6.01. The van der Waals surface area contributed by atoms with Crippen LogP contribution in [0.25, 0.3) is 0 Å². The molecule has 0 unspecified atom stereocenters. The lowest BCUT2D eigenvalue weighted by Crippen LogP contribution is -2.43. The molecular weight excluding hydrogens is 400 g/mol. The summed E-state index contributed by atoms with van der Waals surface area (Å²) in [7, 11) is 0. The average molecular weight is 433 g/mol. The minimum absolute atomic E-state index is 0.0252. The number of hydrogen-bond donors (Lipinski definition) is 1. The average Bonchev–Trinajstić information content (AvgIpc) is 3.25. The summed E-state index contributed by atoms with van der Waals surface area (Å²) in [6, 6.07) is 21.1. The van der Waals surface area contributed by atoms with Gasteiger partial charge in [0.1, 0.15) is 0 Å². The van der Waals surface area contributed by atoms with Gasteiger partial charge in [-0.25, -0.2) is 4.98 Å². The molecule has 3 aromatic rings. The molecule has 1 amide bonds. The van der Waals surface area contributed by atoms with Crippen LogP contribution in [0.5, 0.6) is 0 Å². The van der Waals surface area contributed by atoms with Crippen molar-refractivity contribution in [1.82, 2.24) is 4.98 Å². The van der Waals surface area contributed by atoms with Gasteiger partial charge >= 0.3 is 0 Å². The number of aromatic nitrogens is 1. The molecule has 1 aliphatic rings. The Morgan fingerprint density at radius 2 is 1.48 bits per heavy atom. The van der Waals surface area contributed by atoms with Gasteiger partial charge in [-0.1, -0.05) is 101 Å². The number of benzene rings is 2. The second-order valence-corrected chi connectivity index (χ2v) is 10.6. The molecule has 1 N–H and O–H groups in total. The highest BCUT2D eigenvalue weighted by Crippen LogP contribution is 2.51. The largest absolute Gasteiger partial charge is 0.301 e. The molecule has 2 aromatic carbocycles. The van der Waals surface area contributed by atoms with Crippen LogP contribution < -0.4 is 5.32 Å². The Hall–Kier alpha value is -2.46. The molecule has 0 bridgehead atoms. The molecule has 31 heavy (non-hydrogen) atoms. The molecule has 3 nitrogen and oxygen atoms in total. The van der Waals surface area contributed by atoms with Gasteiger partial charge in [-0.05, 0) is 24.0 Å². The zero-order valence-electron chi connectivity index (χ0n) is 18.7. The Bertz CT molecular complexity index is 959. The molecular formula is C27H32N2OS. The second-order valence-electron chi connectivity index (χ2n) is 9.71. The predicted molar refractivity (Wildman–Crippen MR) is 130 cm³/mol. The third-order valence-corrected chi connectivity index (χ3v) is 7.27. The lowest BCUT2D eigenvalue weighted by atomic mass is 9.61. The fraction of sp³-hybridized carbons (Fsp3) is 0.407. The predicted octanol–water partition coefficient (Wildman–Crippen LogP) is 7.16. The van der Waals surface area contributed by atoms with Crippen LogP contribution in [0.3, 0.4) is 0 Å². The van der Waals surface area contributed by atoms with E-state index in [-0.39, 0.29) is 17.2 Å². The molecule has 1 aromatic heterocycles. The third-order valence-electron chi connectivity index (χ3n) is 6.51. The summed E-state index contributed by atoms with van der Waals surface area (Å²) >= 11 is 1.53. The molecule has 1 saturated carbocycles. The van der Waals surface area contributed by atoms with Crippen LogP contribution in [0.1, 0.15) is 75.6 Å². The zero-order valence-corrected chi connectivity index (χ0v) is 19.5. The van der Waals surface area contributed by atoms with Crippen molar-refractivity contribution >= 4 is 22.4 Å². The number of anilines is 1. The van der Waals surface area contributed by atoms with Crippen molar-refractivity contribution in [1.29, 1.82) is 0 Å². The maximum atomic E-state index is 14.0. The van der Waals surface area contributed by atoms with Crippen molar-refractivity contribution < 1.29 is 4.79 Å². The Labute approximate surface area is 189 Å². The minimum Gasteiger partial charge on any atom is -0.301 e. The molecule has 0 aliphatic heterocycles. The smallest absolute Gasteiger partial charge is 0.233 e. The zero-order chi connectivity index (χ0) is 21.9. The van der Waals surface area contributed by atoms with Crippen molar-refractivity contribution in [2.24, 2.45) is 5.41 Å². The van der Waals surface area contributed by atoms with Crippen LogP contribution >= 0.6 is 11.3 Å². The van der Waals surface area contributed by atoms with Gasteiger partial charge in [-0.3, -0.25) is 4.79 Å². The van der Waals surface area contributed by atoms with E-state index >= 15 is 0 Å². The van der Waals surface area contributed by atoms with Gasteiger partial charge in [0.05, 0.1) is 11.1 Å². The topological polar surface area (TPSA) is 42.0 Å². The molecule has 1 heterocycles. The van der Waals surface area contributed by atoms with E-state index in [0.29, 0.717) is 5.13 Å². The quantitative estimate of drug-likeness (QED) is 0.465. The van der Waals surface area contributed by atoms with Crippen LogP contribution in [0.15, 0.2) is 66.0 Å². The number of amides is 1. The van der Waals surface area contributed by atoms with E-state index in [4.69, 9.17) is 4.98 Å². The van der Waals surface area contributed by atoms with E-state index in [1.165, 1.54) is 28.9 Å². The normalized spacial score (nSPS) is 16.3. The molecule has 0 spiro atoms. The van der Waals surface area contributed by atoms with Crippen molar-refractivity contribution in [2.45, 2.75) is 64.2 Å². The van der Waals surface area contributed by atoms with E-state index < -0.39 is 5.41 Å². The van der Waals surface area contributed by atoms with Gasteiger partial charge in [-0.15, -0.1) is 11.3 Å². The lowest BCUT2D eigenvalue weighted by molar-refractivity contribution is -0.128. The van der Waals surface area contributed by atoms with E-state index in [9.17, 15) is 4.79 Å². The number of thiazole rings is 1. The van der Waals surface area contributed by atoms with Gasteiger partial charge in [0.15, 0.2) is 5.13 Å². The fourth-order valence-electron chi connectivity index (χ4n) is 4.85. The monoisotopic (exact) mass is 432 g/mol. The Morgan fingerprint density at radius 1 is 0.935 bits per heavy atom. The molecule has 4 rings (SSSR count). The molecule has 1 aliphatic carbocycles. The highest BCUT2D eigenvalue weighted by atomic mass is 32.1. The molecule has 162 valence electrons. The Morgan fingerprint density at radius 3 is 1.97 bits per heavy atom. The van der Waals surface area contributed by atoms with Gasteiger partial charge in [-0.2, -0.15) is 0 Å². The van der Waals surface area contributed by atoms with Crippen LogP contribution in [-0.2, 0) is 10.2 Å². The Kier molecular flexibility index (Phi) is 6.29. The van der Waals surface area contributed by atoms with Crippen LogP contribution in [0.4, 0.5) is 5.13 Å². The van der Waals surface area contributed by atoms with E-state index in [0.717, 1.165) is 31.4 Å². The van der Waals surface area contributed by atoms with E-state index in [1.54, 1.807) is 0 Å². The van der Waals surface area contributed by atoms with E-state index in [1.807, 2.05) is 12.1 Å². The molecule has 1 fully saturated rings. The minimum atomic E-state index is -0.478. The number of carbonyl (C=O) groups is 1. The number of hydrogen-bond acceptors (Lipinski definition) is 3. The lowest BCUT2D eigenvalue weighted by Gasteiger charge is -2.42. The molecule has 4 heteroatoms. The summed E-state index contributed by atoms with van der Waals surface area (Å²) in [5.41, 5.74) is 2.93. The van der Waals surface area contributed by atoms with E-state index in [2.05, 4.69) is 80.0 Å². The van der Waals surface area contributed by atoms with Gasteiger partial charge in [0.2, 0.25) is 5.91 Å². The molecule has 0 atom stereocenters. The Balaban J connectivity index is 1.74. The number of nitrogens with zero attached hydrogens (tertiary/aromatic N) is 1. The van der Waals surface area contributed by atoms with Gasteiger partial charge in [0.25, 0.3) is 0 Å². The van der Waals surface area contributed by atoms with Crippen LogP contribution in [-0.4, -0.2) is 10.9 Å². The van der Waals surface area contributed by atoms with Crippen molar-refractivity contribution in [3.63, 3.8) is 0 Å². The number of rotatable bonds is 5. The first kappa shape index (κ1) is 21.8. The highest BCUT2D eigenvalue weighted by molar-refractivity contribution is 7.14. The second kappa shape index (κ2) is 8.96. The number of carbonyl (C=O) groups excluding carboxylic acids is 1. The first-order valence-corrected chi connectivity index (χ1v) is 12.2. The summed E-state index contributed by atoms with van der Waals surface area (Å²) in [4.78, 5) is 18.7. The summed E-state index contributed by atoms with van der Waals surface area (Å²) < 4.78 is 0. The van der Waals surface area contributed by atoms with Gasteiger partial charge < -0.3 is 5.32 Å². The fourth-order valence-corrected chi connectivity index (χ4v) is 5.78. The van der Waals surface area contributed by atoms with Crippen molar-refractivity contribution in [3.8, 4) is 0 Å². The molecule has 0 saturated heterocycles.